The van der Waals surface area contributed by atoms with Gasteiger partial charge in [-0.05, 0) is 61.9 Å². The highest BCUT2D eigenvalue weighted by molar-refractivity contribution is 5.38. The van der Waals surface area contributed by atoms with Crippen LogP contribution in [-0.2, 0) is 6.42 Å². The van der Waals surface area contributed by atoms with Crippen molar-refractivity contribution in [2.45, 2.75) is 45.7 Å². The summed E-state index contributed by atoms with van der Waals surface area (Å²) in [7, 11) is 0. The Bertz CT molecular complexity index is 663. The van der Waals surface area contributed by atoms with Crippen LogP contribution >= 0.6 is 0 Å². The van der Waals surface area contributed by atoms with Crippen LogP contribution in [-0.4, -0.2) is 0 Å². The minimum atomic E-state index is -0.121. The van der Waals surface area contributed by atoms with Gasteiger partial charge in [0.25, 0.3) is 0 Å². The summed E-state index contributed by atoms with van der Waals surface area (Å²) in [5, 5.41) is 3.66. The van der Waals surface area contributed by atoms with Gasteiger partial charge in [0.05, 0.1) is 0 Å². The van der Waals surface area contributed by atoms with Gasteiger partial charge < -0.3 is 5.32 Å². The van der Waals surface area contributed by atoms with E-state index < -0.39 is 0 Å². The predicted molar refractivity (Wildman–Crippen MR) is 84.9 cm³/mol. The molecular formula is C19H22FN. The molecule has 0 aromatic heterocycles. The smallest absolute Gasteiger partial charge is 0.126 e. The second kappa shape index (κ2) is 5.61. The molecule has 0 saturated carbocycles. The molecule has 1 aliphatic carbocycles. The van der Waals surface area contributed by atoms with Crippen LogP contribution in [0.5, 0.6) is 0 Å². The number of fused-ring (bicyclic) bond motifs is 1. The van der Waals surface area contributed by atoms with Crippen molar-refractivity contribution in [1.29, 1.82) is 0 Å². The van der Waals surface area contributed by atoms with Crippen LogP contribution in [0.25, 0.3) is 0 Å². The Labute approximate surface area is 126 Å². The molecule has 0 fully saturated rings. The third-order valence-corrected chi connectivity index (χ3v) is 4.53. The van der Waals surface area contributed by atoms with Crippen molar-refractivity contribution in [3.8, 4) is 0 Å². The number of hydrogen-bond donors (Lipinski definition) is 1. The second-order valence-electron chi connectivity index (χ2n) is 6.19. The maximum Gasteiger partial charge on any atom is 0.126 e. The van der Waals surface area contributed by atoms with E-state index in [0.717, 1.165) is 18.4 Å². The zero-order valence-corrected chi connectivity index (χ0v) is 12.9. The first kappa shape index (κ1) is 14.3. The van der Waals surface area contributed by atoms with Gasteiger partial charge in [0.1, 0.15) is 5.82 Å². The van der Waals surface area contributed by atoms with Crippen molar-refractivity contribution < 1.29 is 4.39 Å². The predicted octanol–water partition coefficient (Wildman–Crippen LogP) is 4.78. The molecule has 2 atom stereocenters. The lowest BCUT2D eigenvalue weighted by Gasteiger charge is -2.21. The Morgan fingerprint density at radius 2 is 1.95 bits per heavy atom. The molecule has 0 aliphatic heterocycles. The Morgan fingerprint density at radius 3 is 2.71 bits per heavy atom. The standard InChI is InChI=1S/C19H22FN/c1-12-4-6-15-8-9-19(17(15)10-12)21-14(3)16-7-5-13(2)18(20)11-16/h4-7,10-11,14,19,21H,8-9H2,1-3H3. The number of benzene rings is 2. The molecule has 21 heavy (non-hydrogen) atoms. The fourth-order valence-electron chi connectivity index (χ4n) is 3.17. The topological polar surface area (TPSA) is 12.0 Å². The van der Waals surface area contributed by atoms with E-state index in [1.807, 2.05) is 12.1 Å². The van der Waals surface area contributed by atoms with Crippen molar-refractivity contribution in [2.75, 3.05) is 0 Å². The molecule has 3 rings (SSSR count). The van der Waals surface area contributed by atoms with Gasteiger partial charge in [-0.25, -0.2) is 4.39 Å². The lowest BCUT2D eigenvalue weighted by atomic mass is 10.0. The van der Waals surface area contributed by atoms with Gasteiger partial charge in [0, 0.05) is 12.1 Å². The molecule has 1 nitrogen and oxygen atoms in total. The Kier molecular flexibility index (Phi) is 3.81. The van der Waals surface area contributed by atoms with Gasteiger partial charge in [-0.1, -0.05) is 35.9 Å². The SMILES string of the molecule is Cc1ccc2c(c1)C(NC(C)c1ccc(C)c(F)c1)CC2. The summed E-state index contributed by atoms with van der Waals surface area (Å²) in [5.41, 5.74) is 5.87. The van der Waals surface area contributed by atoms with Crippen molar-refractivity contribution in [1.82, 2.24) is 5.32 Å². The molecule has 2 heteroatoms. The molecule has 0 bridgehead atoms. The molecule has 0 amide bonds. The van der Waals surface area contributed by atoms with Crippen LogP contribution in [0.4, 0.5) is 4.39 Å². The summed E-state index contributed by atoms with van der Waals surface area (Å²) >= 11 is 0. The number of nitrogens with one attached hydrogen (secondary N) is 1. The van der Waals surface area contributed by atoms with Gasteiger partial charge in [0.2, 0.25) is 0 Å². The van der Waals surface area contributed by atoms with Gasteiger partial charge >= 0.3 is 0 Å². The third-order valence-electron chi connectivity index (χ3n) is 4.53. The summed E-state index contributed by atoms with van der Waals surface area (Å²) in [5.74, 6) is -0.121. The monoisotopic (exact) mass is 283 g/mol. The van der Waals surface area contributed by atoms with Gasteiger partial charge in [-0.2, -0.15) is 0 Å². The average Bonchev–Trinajstić information content (AvgIpc) is 2.84. The number of hydrogen-bond acceptors (Lipinski definition) is 1. The number of halogens is 1. The lowest BCUT2D eigenvalue weighted by molar-refractivity contribution is 0.463. The fraction of sp³-hybridized carbons (Fsp3) is 0.368. The van der Waals surface area contributed by atoms with Crippen LogP contribution < -0.4 is 5.32 Å². The molecule has 0 saturated heterocycles. The second-order valence-corrected chi connectivity index (χ2v) is 6.19. The summed E-state index contributed by atoms with van der Waals surface area (Å²) in [4.78, 5) is 0. The number of aryl methyl sites for hydroxylation is 3. The van der Waals surface area contributed by atoms with Gasteiger partial charge in [0.15, 0.2) is 0 Å². The van der Waals surface area contributed by atoms with Crippen LogP contribution in [0.15, 0.2) is 36.4 Å². The molecule has 0 heterocycles. The molecule has 110 valence electrons. The molecule has 2 aromatic rings. The molecule has 2 unspecified atom stereocenters. The first-order chi connectivity index (χ1) is 10.0. The maximum atomic E-state index is 13.7. The van der Waals surface area contributed by atoms with Crippen molar-refractivity contribution >= 4 is 0 Å². The minimum absolute atomic E-state index is 0.121. The fourth-order valence-corrected chi connectivity index (χ4v) is 3.17. The highest BCUT2D eigenvalue weighted by Crippen LogP contribution is 2.33. The maximum absolute atomic E-state index is 13.7. The van der Waals surface area contributed by atoms with E-state index in [2.05, 4.69) is 37.4 Å². The quantitative estimate of drug-likeness (QED) is 0.854. The largest absolute Gasteiger partial charge is 0.303 e. The molecule has 0 radical (unpaired) electrons. The van der Waals surface area contributed by atoms with E-state index in [0.29, 0.717) is 11.6 Å². The van der Waals surface area contributed by atoms with E-state index in [-0.39, 0.29) is 11.9 Å². The van der Waals surface area contributed by atoms with Crippen LogP contribution in [0.1, 0.15) is 53.2 Å². The van der Waals surface area contributed by atoms with Crippen LogP contribution in [0.3, 0.4) is 0 Å². The summed E-state index contributed by atoms with van der Waals surface area (Å²) in [6.07, 6.45) is 2.25. The van der Waals surface area contributed by atoms with E-state index in [9.17, 15) is 4.39 Å². The Balaban J connectivity index is 1.79. The highest BCUT2D eigenvalue weighted by Gasteiger charge is 2.24. The molecule has 2 aromatic carbocycles. The summed E-state index contributed by atoms with van der Waals surface area (Å²) < 4.78 is 13.7. The Hall–Kier alpha value is -1.67. The Morgan fingerprint density at radius 1 is 1.14 bits per heavy atom. The van der Waals surface area contributed by atoms with Crippen LogP contribution in [0.2, 0.25) is 0 Å². The molecule has 1 aliphatic rings. The zero-order valence-electron chi connectivity index (χ0n) is 12.9. The highest BCUT2D eigenvalue weighted by atomic mass is 19.1. The van der Waals surface area contributed by atoms with E-state index in [4.69, 9.17) is 0 Å². The first-order valence-corrected chi connectivity index (χ1v) is 7.66. The van der Waals surface area contributed by atoms with Gasteiger partial charge in [-0.15, -0.1) is 0 Å². The third kappa shape index (κ3) is 2.86. The van der Waals surface area contributed by atoms with Crippen molar-refractivity contribution in [3.05, 3.63) is 70.0 Å². The summed E-state index contributed by atoms with van der Waals surface area (Å²) in [6.45, 7) is 6.04. The normalized spacial score (nSPS) is 18.6. The van der Waals surface area contributed by atoms with E-state index >= 15 is 0 Å². The molecule has 0 spiro atoms. The van der Waals surface area contributed by atoms with E-state index in [1.165, 1.54) is 16.7 Å². The van der Waals surface area contributed by atoms with Crippen molar-refractivity contribution in [3.63, 3.8) is 0 Å². The summed E-state index contributed by atoms with van der Waals surface area (Å²) in [6, 6.07) is 12.7. The lowest BCUT2D eigenvalue weighted by Crippen LogP contribution is -2.23. The first-order valence-electron chi connectivity index (χ1n) is 7.66. The molecule has 1 N–H and O–H groups in total. The van der Waals surface area contributed by atoms with Crippen LogP contribution in [0, 0.1) is 19.7 Å². The van der Waals surface area contributed by atoms with Crippen molar-refractivity contribution in [2.24, 2.45) is 0 Å². The van der Waals surface area contributed by atoms with E-state index in [1.54, 1.807) is 13.0 Å². The zero-order chi connectivity index (χ0) is 15.0. The number of rotatable bonds is 3. The molecular weight excluding hydrogens is 261 g/mol. The minimum Gasteiger partial charge on any atom is -0.303 e. The average molecular weight is 283 g/mol. The van der Waals surface area contributed by atoms with Gasteiger partial charge in [-0.3, -0.25) is 0 Å².